The number of aryl methyl sites for hydroxylation is 1. The number of hydrogen-bond acceptors (Lipinski definition) is 7. The largest absolute Gasteiger partial charge is 0.478 e. The molecule has 0 radical (unpaired) electrons. The van der Waals surface area contributed by atoms with Crippen LogP contribution < -0.4 is 4.74 Å². The van der Waals surface area contributed by atoms with Crippen LogP contribution in [0.2, 0.25) is 0 Å². The van der Waals surface area contributed by atoms with Gasteiger partial charge in [-0.2, -0.15) is 5.10 Å². The SMILES string of the molecule is Cc1cnn2ccc(COc3cccc(C4CCN(Cc5nc6ccc(C(=O)O)cc6n5C[C@@H]5CCO5)CC4)n3)cc12. The van der Waals surface area contributed by atoms with E-state index in [1.807, 2.05) is 41.2 Å². The molecular weight excluding hydrogens is 532 g/mol. The van der Waals surface area contributed by atoms with Crippen LogP contribution in [-0.2, 0) is 24.4 Å². The number of benzene rings is 1. The molecule has 1 atom stereocenters. The molecule has 0 saturated carbocycles. The molecule has 0 aliphatic carbocycles. The number of carboxylic acid groups (broad SMARTS) is 1. The zero-order valence-electron chi connectivity index (χ0n) is 23.6. The molecule has 5 aromatic rings. The molecule has 6 heterocycles. The minimum atomic E-state index is -0.928. The van der Waals surface area contributed by atoms with E-state index in [1.54, 1.807) is 12.1 Å². The summed E-state index contributed by atoms with van der Waals surface area (Å²) in [4.78, 5) is 23.8. The third-order valence-corrected chi connectivity index (χ3v) is 8.54. The number of fused-ring (bicyclic) bond motifs is 2. The van der Waals surface area contributed by atoms with Crippen molar-refractivity contribution in [3.05, 3.63) is 89.1 Å². The van der Waals surface area contributed by atoms with E-state index >= 15 is 0 Å². The van der Waals surface area contributed by atoms with Gasteiger partial charge in [0.1, 0.15) is 12.4 Å². The first-order valence-electron chi connectivity index (χ1n) is 14.6. The smallest absolute Gasteiger partial charge is 0.335 e. The molecule has 42 heavy (non-hydrogen) atoms. The first-order valence-corrected chi connectivity index (χ1v) is 14.6. The van der Waals surface area contributed by atoms with Gasteiger partial charge in [0.15, 0.2) is 0 Å². The van der Waals surface area contributed by atoms with E-state index in [4.69, 9.17) is 19.4 Å². The van der Waals surface area contributed by atoms with E-state index in [9.17, 15) is 9.90 Å². The number of carboxylic acids is 1. The summed E-state index contributed by atoms with van der Waals surface area (Å²) in [5.41, 5.74) is 6.34. The van der Waals surface area contributed by atoms with Gasteiger partial charge in [0, 0.05) is 30.5 Å². The highest BCUT2D eigenvalue weighted by Crippen LogP contribution is 2.30. The van der Waals surface area contributed by atoms with Gasteiger partial charge in [-0.25, -0.2) is 19.3 Å². The lowest BCUT2D eigenvalue weighted by Gasteiger charge is -2.32. The Kier molecular flexibility index (Phi) is 7.09. The number of imidazole rings is 1. The minimum absolute atomic E-state index is 0.152. The monoisotopic (exact) mass is 566 g/mol. The second-order valence-corrected chi connectivity index (χ2v) is 11.4. The lowest BCUT2D eigenvalue weighted by atomic mass is 9.93. The number of rotatable bonds is 9. The standard InChI is InChI=1S/C32H34N6O4/c1-21-17-33-38-13-7-22(15-28(21)38)20-42-31-4-2-3-26(35-31)23-8-11-36(12-9-23)19-30-34-27-6-5-24(32(39)40)16-29(27)37(30)18-25-10-14-41-25/h2-7,13,15-17,23,25H,8-12,14,18-20H2,1H3,(H,39,40)/t25-/m0/s1. The van der Waals surface area contributed by atoms with Crippen LogP contribution in [0.25, 0.3) is 16.6 Å². The van der Waals surface area contributed by atoms with Crippen LogP contribution in [-0.4, -0.2) is 65.9 Å². The molecule has 2 fully saturated rings. The number of pyridine rings is 2. The lowest BCUT2D eigenvalue weighted by Crippen LogP contribution is -2.35. The molecule has 4 aromatic heterocycles. The summed E-state index contributed by atoms with van der Waals surface area (Å²) in [7, 11) is 0. The summed E-state index contributed by atoms with van der Waals surface area (Å²) < 4.78 is 15.8. The van der Waals surface area contributed by atoms with Gasteiger partial charge < -0.3 is 19.1 Å². The molecule has 10 heteroatoms. The second kappa shape index (κ2) is 11.2. The molecule has 1 aromatic carbocycles. The number of carbonyl (C=O) groups is 1. The number of ether oxygens (including phenoxy) is 2. The van der Waals surface area contributed by atoms with Crippen molar-refractivity contribution in [3.63, 3.8) is 0 Å². The minimum Gasteiger partial charge on any atom is -0.478 e. The molecule has 2 aliphatic rings. The summed E-state index contributed by atoms with van der Waals surface area (Å²) >= 11 is 0. The van der Waals surface area contributed by atoms with Gasteiger partial charge in [-0.15, -0.1) is 0 Å². The van der Waals surface area contributed by atoms with Crippen molar-refractivity contribution in [2.45, 2.75) is 57.9 Å². The Labute approximate surface area is 243 Å². The summed E-state index contributed by atoms with van der Waals surface area (Å²) in [5.74, 6) is 1.05. The number of nitrogens with zero attached hydrogens (tertiary/aromatic N) is 6. The Morgan fingerprint density at radius 2 is 1.93 bits per heavy atom. The predicted molar refractivity (Wildman–Crippen MR) is 157 cm³/mol. The van der Waals surface area contributed by atoms with Gasteiger partial charge in [-0.1, -0.05) is 6.07 Å². The number of piperidine rings is 1. The molecule has 1 N–H and O–H groups in total. The van der Waals surface area contributed by atoms with Crippen LogP contribution in [0.5, 0.6) is 5.88 Å². The van der Waals surface area contributed by atoms with E-state index in [0.717, 1.165) is 78.2 Å². The maximum atomic E-state index is 11.6. The predicted octanol–water partition coefficient (Wildman–Crippen LogP) is 4.83. The highest BCUT2D eigenvalue weighted by atomic mass is 16.5. The molecule has 0 spiro atoms. The number of likely N-dealkylation sites (tertiary alicyclic amines) is 1. The molecule has 2 saturated heterocycles. The van der Waals surface area contributed by atoms with Crippen molar-refractivity contribution >= 4 is 22.5 Å². The van der Waals surface area contributed by atoms with Gasteiger partial charge in [-0.3, -0.25) is 4.90 Å². The van der Waals surface area contributed by atoms with Gasteiger partial charge in [-0.05, 0) is 86.8 Å². The average molecular weight is 567 g/mol. The van der Waals surface area contributed by atoms with Crippen LogP contribution in [0, 0.1) is 6.92 Å². The average Bonchev–Trinajstić information content (AvgIpc) is 3.53. The molecule has 0 bridgehead atoms. The van der Waals surface area contributed by atoms with Gasteiger partial charge in [0.25, 0.3) is 0 Å². The Morgan fingerprint density at radius 3 is 2.71 bits per heavy atom. The van der Waals surface area contributed by atoms with Crippen molar-refractivity contribution in [1.82, 2.24) is 29.0 Å². The van der Waals surface area contributed by atoms with Crippen molar-refractivity contribution in [2.24, 2.45) is 0 Å². The summed E-state index contributed by atoms with van der Waals surface area (Å²) in [6, 6.07) is 15.4. The molecule has 0 amide bonds. The fourth-order valence-corrected chi connectivity index (χ4v) is 5.98. The van der Waals surface area contributed by atoms with Crippen LogP contribution in [0.1, 0.15) is 58.2 Å². The molecule has 2 aliphatic heterocycles. The van der Waals surface area contributed by atoms with Crippen LogP contribution in [0.3, 0.4) is 0 Å². The van der Waals surface area contributed by atoms with Crippen LogP contribution in [0.4, 0.5) is 0 Å². The first-order chi connectivity index (χ1) is 20.5. The van der Waals surface area contributed by atoms with Crippen LogP contribution >= 0.6 is 0 Å². The highest BCUT2D eigenvalue weighted by molar-refractivity contribution is 5.92. The van der Waals surface area contributed by atoms with Crippen molar-refractivity contribution in [1.29, 1.82) is 0 Å². The van der Waals surface area contributed by atoms with E-state index in [2.05, 4.69) is 33.6 Å². The summed E-state index contributed by atoms with van der Waals surface area (Å²) in [6.45, 7) is 6.57. The zero-order valence-corrected chi connectivity index (χ0v) is 23.6. The maximum absolute atomic E-state index is 11.6. The zero-order chi connectivity index (χ0) is 28.6. The molecule has 7 rings (SSSR count). The molecule has 0 unspecified atom stereocenters. The third-order valence-electron chi connectivity index (χ3n) is 8.54. The van der Waals surface area contributed by atoms with E-state index in [1.165, 1.54) is 0 Å². The maximum Gasteiger partial charge on any atom is 0.335 e. The highest BCUT2D eigenvalue weighted by Gasteiger charge is 2.26. The Hall–Kier alpha value is -4.28. The van der Waals surface area contributed by atoms with Gasteiger partial charge >= 0.3 is 5.97 Å². The summed E-state index contributed by atoms with van der Waals surface area (Å²) in [6.07, 6.45) is 7.00. The van der Waals surface area contributed by atoms with Crippen molar-refractivity contribution in [2.75, 3.05) is 19.7 Å². The van der Waals surface area contributed by atoms with Gasteiger partial charge in [0.2, 0.25) is 5.88 Å². The third kappa shape index (κ3) is 5.35. The first kappa shape index (κ1) is 26.6. The molecule has 10 nitrogen and oxygen atoms in total. The number of aromatic nitrogens is 5. The van der Waals surface area contributed by atoms with E-state index < -0.39 is 5.97 Å². The van der Waals surface area contributed by atoms with E-state index in [-0.39, 0.29) is 11.7 Å². The Morgan fingerprint density at radius 1 is 1.07 bits per heavy atom. The fraction of sp³-hybridized carbons (Fsp3) is 0.375. The van der Waals surface area contributed by atoms with Crippen molar-refractivity contribution < 1.29 is 19.4 Å². The Bertz CT molecular complexity index is 1750. The van der Waals surface area contributed by atoms with E-state index in [0.29, 0.717) is 31.5 Å². The molecular formula is C32H34N6O4. The van der Waals surface area contributed by atoms with Crippen LogP contribution in [0.15, 0.2) is 60.9 Å². The normalized spacial score (nSPS) is 18.0. The fourth-order valence-electron chi connectivity index (χ4n) is 5.98. The Balaban J connectivity index is 1.00. The number of hydrogen-bond donors (Lipinski definition) is 1. The topological polar surface area (TPSA) is 107 Å². The van der Waals surface area contributed by atoms with Gasteiger partial charge in [0.05, 0.1) is 47.5 Å². The molecule has 216 valence electrons. The lowest BCUT2D eigenvalue weighted by molar-refractivity contribution is -0.0592. The second-order valence-electron chi connectivity index (χ2n) is 11.4. The number of aromatic carboxylic acids is 1. The van der Waals surface area contributed by atoms with Crippen molar-refractivity contribution in [3.8, 4) is 5.88 Å². The summed E-state index contributed by atoms with van der Waals surface area (Å²) in [5, 5.41) is 13.9. The quantitative estimate of drug-likeness (QED) is 0.270.